The second-order valence-electron chi connectivity index (χ2n) is 7.30. The van der Waals surface area contributed by atoms with Crippen molar-refractivity contribution in [2.24, 2.45) is 7.05 Å². The van der Waals surface area contributed by atoms with Crippen LogP contribution >= 0.6 is 0 Å². The number of amides is 1. The van der Waals surface area contributed by atoms with Crippen molar-refractivity contribution in [1.29, 1.82) is 0 Å². The Labute approximate surface area is 175 Å². The Morgan fingerprint density at radius 1 is 1.35 bits per heavy atom. The van der Waals surface area contributed by atoms with Gasteiger partial charge in [0.1, 0.15) is 5.65 Å². The predicted molar refractivity (Wildman–Crippen MR) is 105 cm³/mol. The van der Waals surface area contributed by atoms with Gasteiger partial charge in [0.25, 0.3) is 0 Å². The molecule has 0 saturated carbocycles. The Bertz CT molecular complexity index is 1060. The number of carbonyl (C=O) groups excluding carboxylic acids is 1. The van der Waals surface area contributed by atoms with Gasteiger partial charge in [-0.1, -0.05) is 0 Å². The number of carbonyl (C=O) groups is 2. The monoisotopic (exact) mass is 437 g/mol. The largest absolute Gasteiger partial charge is 0.490 e. The zero-order valence-electron chi connectivity index (χ0n) is 16.8. The number of likely N-dealkylation sites (tertiary alicyclic amines) is 1. The van der Waals surface area contributed by atoms with E-state index in [1.807, 2.05) is 22.6 Å². The first-order valence-electron chi connectivity index (χ1n) is 9.62. The third-order valence-corrected chi connectivity index (χ3v) is 5.19. The SMILES string of the molecule is Cn1cncc1CC(=O)N1CCCC(c2c[nH]c3ncccc23)C1.O=C(O)C(F)(F)F. The van der Waals surface area contributed by atoms with Crippen molar-refractivity contribution in [2.45, 2.75) is 31.4 Å². The second-order valence-corrected chi connectivity index (χ2v) is 7.30. The number of piperidine rings is 1. The molecule has 0 aromatic carbocycles. The summed E-state index contributed by atoms with van der Waals surface area (Å²) in [4.78, 5) is 35.3. The van der Waals surface area contributed by atoms with Crippen molar-refractivity contribution in [3.05, 3.63) is 48.3 Å². The first kappa shape index (κ1) is 22.3. The normalized spacial score (nSPS) is 16.6. The molecule has 1 fully saturated rings. The fraction of sp³-hybridized carbons (Fsp3) is 0.400. The highest BCUT2D eigenvalue weighted by Crippen LogP contribution is 2.31. The van der Waals surface area contributed by atoms with Crippen LogP contribution in [0, 0.1) is 0 Å². The third kappa shape index (κ3) is 5.41. The van der Waals surface area contributed by atoms with Crippen LogP contribution in [0.5, 0.6) is 0 Å². The molecule has 0 aliphatic carbocycles. The number of carboxylic acids is 1. The van der Waals surface area contributed by atoms with Crippen molar-refractivity contribution in [2.75, 3.05) is 13.1 Å². The number of pyridine rings is 1. The van der Waals surface area contributed by atoms with Crippen LogP contribution in [0.2, 0.25) is 0 Å². The maximum atomic E-state index is 12.7. The number of hydrogen-bond acceptors (Lipinski definition) is 4. The van der Waals surface area contributed by atoms with Crippen LogP contribution in [0.4, 0.5) is 13.2 Å². The molecule has 0 radical (unpaired) electrons. The van der Waals surface area contributed by atoms with E-state index in [-0.39, 0.29) is 5.91 Å². The van der Waals surface area contributed by atoms with Crippen LogP contribution in [-0.4, -0.2) is 60.7 Å². The molecule has 31 heavy (non-hydrogen) atoms. The van der Waals surface area contributed by atoms with Gasteiger partial charge < -0.3 is 19.6 Å². The van der Waals surface area contributed by atoms with Crippen LogP contribution in [0.25, 0.3) is 11.0 Å². The molecule has 4 rings (SSSR count). The standard InChI is InChI=1S/C18H21N5O.C2HF3O2/c1-22-12-19-9-14(22)8-17(24)23-7-3-4-13(11-23)16-10-21-18-15(16)5-2-6-20-18;3-2(4,5)1(6)7/h2,5-6,9-10,12-13H,3-4,7-8,11H2,1H3,(H,20,21);(H,6,7). The highest BCUT2D eigenvalue weighted by atomic mass is 19.4. The number of fused-ring (bicyclic) bond motifs is 1. The van der Waals surface area contributed by atoms with Gasteiger partial charge in [0, 0.05) is 55.7 Å². The summed E-state index contributed by atoms with van der Waals surface area (Å²) in [6, 6.07) is 4.07. The zero-order chi connectivity index (χ0) is 22.6. The van der Waals surface area contributed by atoms with Crippen LogP contribution in [0.1, 0.15) is 30.0 Å². The number of aromatic amines is 1. The maximum Gasteiger partial charge on any atom is 0.490 e. The minimum absolute atomic E-state index is 0.182. The fourth-order valence-electron chi connectivity index (χ4n) is 3.59. The number of alkyl halides is 3. The average Bonchev–Trinajstić information content (AvgIpc) is 3.34. The van der Waals surface area contributed by atoms with Gasteiger partial charge in [-0.3, -0.25) is 4.79 Å². The Morgan fingerprint density at radius 2 is 2.10 bits per heavy atom. The molecule has 0 bridgehead atoms. The van der Waals surface area contributed by atoms with E-state index >= 15 is 0 Å². The van der Waals surface area contributed by atoms with E-state index in [2.05, 4.69) is 27.2 Å². The van der Waals surface area contributed by atoms with E-state index in [1.165, 1.54) is 10.9 Å². The second kappa shape index (κ2) is 9.19. The number of halogens is 3. The summed E-state index contributed by atoms with van der Waals surface area (Å²) in [6.45, 7) is 1.62. The molecule has 0 spiro atoms. The molecule has 4 heterocycles. The van der Waals surface area contributed by atoms with E-state index in [0.717, 1.165) is 37.3 Å². The Kier molecular flexibility index (Phi) is 6.62. The number of imidazole rings is 1. The number of aromatic nitrogens is 4. The van der Waals surface area contributed by atoms with Gasteiger partial charge >= 0.3 is 12.1 Å². The lowest BCUT2D eigenvalue weighted by Crippen LogP contribution is -2.40. The quantitative estimate of drug-likeness (QED) is 0.656. The number of carboxylic acid groups (broad SMARTS) is 1. The van der Waals surface area contributed by atoms with Crippen LogP contribution in [0.3, 0.4) is 0 Å². The molecular weight excluding hydrogens is 415 g/mol. The summed E-state index contributed by atoms with van der Waals surface area (Å²) in [5.74, 6) is -2.21. The van der Waals surface area contributed by atoms with Crippen LogP contribution < -0.4 is 0 Å². The van der Waals surface area contributed by atoms with E-state index in [0.29, 0.717) is 12.3 Å². The summed E-state index contributed by atoms with van der Waals surface area (Å²) < 4.78 is 33.6. The summed E-state index contributed by atoms with van der Waals surface area (Å²) >= 11 is 0. The Morgan fingerprint density at radius 3 is 2.74 bits per heavy atom. The van der Waals surface area contributed by atoms with Crippen molar-refractivity contribution in [1.82, 2.24) is 24.4 Å². The molecule has 1 atom stereocenters. The number of aliphatic carboxylic acids is 1. The van der Waals surface area contributed by atoms with Gasteiger partial charge in [0.05, 0.1) is 12.7 Å². The molecular formula is C20H22F3N5O3. The van der Waals surface area contributed by atoms with E-state index in [9.17, 15) is 18.0 Å². The van der Waals surface area contributed by atoms with Gasteiger partial charge in [0.2, 0.25) is 5.91 Å². The van der Waals surface area contributed by atoms with Crippen molar-refractivity contribution < 1.29 is 27.9 Å². The van der Waals surface area contributed by atoms with E-state index < -0.39 is 12.1 Å². The van der Waals surface area contributed by atoms with Gasteiger partial charge in [-0.15, -0.1) is 0 Å². The van der Waals surface area contributed by atoms with Gasteiger partial charge in [0.15, 0.2) is 0 Å². The topological polar surface area (TPSA) is 104 Å². The highest BCUT2D eigenvalue weighted by Gasteiger charge is 2.38. The van der Waals surface area contributed by atoms with Crippen molar-refractivity contribution in [3.8, 4) is 0 Å². The average molecular weight is 437 g/mol. The summed E-state index contributed by atoms with van der Waals surface area (Å²) in [6.07, 6.45) is 4.83. The number of rotatable bonds is 3. The molecule has 1 unspecified atom stereocenters. The van der Waals surface area contributed by atoms with Crippen LogP contribution in [-0.2, 0) is 23.1 Å². The molecule has 1 aliphatic rings. The number of aryl methyl sites for hydroxylation is 1. The number of nitrogens with one attached hydrogen (secondary N) is 1. The van der Waals surface area contributed by atoms with Gasteiger partial charge in [-0.2, -0.15) is 13.2 Å². The maximum absolute atomic E-state index is 12.7. The van der Waals surface area contributed by atoms with E-state index in [4.69, 9.17) is 9.90 Å². The molecule has 1 aliphatic heterocycles. The number of H-pyrrole nitrogens is 1. The molecule has 3 aromatic heterocycles. The number of hydrogen-bond donors (Lipinski definition) is 2. The minimum atomic E-state index is -5.08. The molecule has 1 amide bonds. The molecule has 8 nitrogen and oxygen atoms in total. The van der Waals surface area contributed by atoms with Crippen molar-refractivity contribution in [3.63, 3.8) is 0 Å². The minimum Gasteiger partial charge on any atom is -0.475 e. The predicted octanol–water partition coefficient (Wildman–Crippen LogP) is 2.88. The number of nitrogens with zero attached hydrogens (tertiary/aromatic N) is 4. The van der Waals surface area contributed by atoms with Crippen LogP contribution in [0.15, 0.2) is 37.1 Å². The highest BCUT2D eigenvalue weighted by molar-refractivity contribution is 5.81. The molecule has 1 saturated heterocycles. The zero-order valence-corrected chi connectivity index (χ0v) is 16.8. The Balaban J connectivity index is 0.000000339. The lowest BCUT2D eigenvalue weighted by molar-refractivity contribution is -0.192. The molecule has 3 aromatic rings. The lowest BCUT2D eigenvalue weighted by atomic mass is 9.90. The first-order chi connectivity index (χ1) is 14.7. The van der Waals surface area contributed by atoms with Gasteiger partial charge in [-0.25, -0.2) is 14.8 Å². The third-order valence-electron chi connectivity index (χ3n) is 5.19. The summed E-state index contributed by atoms with van der Waals surface area (Å²) in [5.41, 5.74) is 3.15. The smallest absolute Gasteiger partial charge is 0.475 e. The molecule has 11 heteroatoms. The summed E-state index contributed by atoms with van der Waals surface area (Å²) in [5, 5.41) is 8.29. The Hall–Kier alpha value is -3.37. The summed E-state index contributed by atoms with van der Waals surface area (Å²) in [7, 11) is 1.92. The van der Waals surface area contributed by atoms with E-state index in [1.54, 1.807) is 18.7 Å². The van der Waals surface area contributed by atoms with Crippen molar-refractivity contribution >= 4 is 22.9 Å². The molecule has 166 valence electrons. The molecule has 2 N–H and O–H groups in total. The first-order valence-corrected chi connectivity index (χ1v) is 9.62. The lowest BCUT2D eigenvalue weighted by Gasteiger charge is -2.33. The van der Waals surface area contributed by atoms with Gasteiger partial charge in [-0.05, 0) is 30.5 Å². The fourth-order valence-corrected chi connectivity index (χ4v) is 3.59.